The number of fused-ring (bicyclic) bond motifs is 1. The van der Waals surface area contributed by atoms with Crippen molar-refractivity contribution < 1.29 is 22.4 Å². The van der Waals surface area contributed by atoms with E-state index in [1.807, 2.05) is 19.1 Å². The first-order valence-corrected chi connectivity index (χ1v) is 11.9. The lowest BCUT2D eigenvalue weighted by Gasteiger charge is -2.30. The topological polar surface area (TPSA) is 93.9 Å². The summed E-state index contributed by atoms with van der Waals surface area (Å²) < 4.78 is 37.8. The number of hydrogen-bond donors (Lipinski definition) is 0. The molecule has 7 nitrogen and oxygen atoms in total. The van der Waals surface area contributed by atoms with Gasteiger partial charge < -0.3 is 9.15 Å². The summed E-state index contributed by atoms with van der Waals surface area (Å²) >= 11 is 1.16. The molecule has 0 unspecified atom stereocenters. The Labute approximate surface area is 177 Å². The maximum atomic E-state index is 12.7. The molecule has 1 aliphatic heterocycles. The number of aryl methyl sites for hydroxylation is 1. The van der Waals surface area contributed by atoms with Crippen molar-refractivity contribution in [3.05, 3.63) is 63.3 Å². The zero-order chi connectivity index (χ0) is 21.3. The maximum Gasteiger partial charge on any atom is 0.336 e. The molecule has 0 saturated carbocycles. The molecule has 1 aromatic carbocycles. The molecule has 3 aromatic rings. The Hall–Kier alpha value is -2.49. The highest BCUT2D eigenvalue weighted by Gasteiger charge is 2.34. The number of esters is 1. The number of ether oxygens (including phenoxy) is 1. The van der Waals surface area contributed by atoms with E-state index >= 15 is 0 Å². The van der Waals surface area contributed by atoms with Crippen LogP contribution in [0.4, 0.5) is 0 Å². The smallest absolute Gasteiger partial charge is 0.336 e. The SMILES string of the molecule is Cc1ccc2c(COC(=O)[C@@H]3CCCN(S(=O)(=O)c4cccs4)C3)cc(=O)oc2c1. The lowest BCUT2D eigenvalue weighted by molar-refractivity contribution is -0.151. The van der Waals surface area contributed by atoms with E-state index in [1.54, 1.807) is 23.6 Å². The third-order valence-electron chi connectivity index (χ3n) is 5.16. The van der Waals surface area contributed by atoms with Gasteiger partial charge in [-0.15, -0.1) is 11.3 Å². The van der Waals surface area contributed by atoms with E-state index in [1.165, 1.54) is 10.4 Å². The standard InChI is InChI=1S/C21H21NO6S2/c1-14-6-7-17-16(11-19(23)28-18(17)10-14)13-27-21(24)15-4-2-8-22(12-15)30(25,26)20-5-3-9-29-20/h3,5-7,9-11,15H,2,4,8,12-13H2,1H3/t15-/m1/s1. The number of rotatable bonds is 5. The summed E-state index contributed by atoms with van der Waals surface area (Å²) in [5.41, 5.74) is 1.45. The molecule has 158 valence electrons. The lowest BCUT2D eigenvalue weighted by atomic mass is 10.00. The fourth-order valence-corrected chi connectivity index (χ4v) is 6.28. The maximum absolute atomic E-state index is 12.7. The first-order valence-electron chi connectivity index (χ1n) is 9.58. The minimum atomic E-state index is -3.60. The van der Waals surface area contributed by atoms with Gasteiger partial charge in [0.1, 0.15) is 16.4 Å². The molecule has 3 heterocycles. The van der Waals surface area contributed by atoms with Gasteiger partial charge in [-0.1, -0.05) is 18.2 Å². The van der Waals surface area contributed by atoms with Crippen molar-refractivity contribution in [1.82, 2.24) is 4.31 Å². The van der Waals surface area contributed by atoms with Crippen LogP contribution in [-0.2, 0) is 26.2 Å². The Balaban J connectivity index is 1.47. The van der Waals surface area contributed by atoms with E-state index in [0.717, 1.165) is 16.9 Å². The first-order chi connectivity index (χ1) is 14.3. The van der Waals surface area contributed by atoms with Crippen LogP contribution in [0.1, 0.15) is 24.0 Å². The van der Waals surface area contributed by atoms with Gasteiger partial charge in [-0.3, -0.25) is 4.79 Å². The number of carbonyl (C=O) groups excluding carboxylic acids is 1. The molecule has 1 saturated heterocycles. The summed E-state index contributed by atoms with van der Waals surface area (Å²) in [5, 5.41) is 2.42. The molecule has 0 spiro atoms. The Morgan fingerprint density at radius 1 is 1.30 bits per heavy atom. The minimum absolute atomic E-state index is 0.0713. The zero-order valence-electron chi connectivity index (χ0n) is 16.4. The second-order valence-electron chi connectivity index (χ2n) is 7.33. The highest BCUT2D eigenvalue weighted by Crippen LogP contribution is 2.27. The molecule has 2 aromatic heterocycles. The molecule has 0 aliphatic carbocycles. The number of nitrogens with zero attached hydrogens (tertiary/aromatic N) is 1. The van der Waals surface area contributed by atoms with E-state index in [0.29, 0.717) is 35.9 Å². The summed E-state index contributed by atoms with van der Waals surface area (Å²) in [6, 6.07) is 10.1. The van der Waals surface area contributed by atoms with Crippen molar-refractivity contribution in [3.8, 4) is 0 Å². The Kier molecular flexibility index (Phi) is 5.77. The molecular weight excluding hydrogens is 426 g/mol. The van der Waals surface area contributed by atoms with Crippen molar-refractivity contribution in [2.24, 2.45) is 5.92 Å². The van der Waals surface area contributed by atoms with E-state index in [2.05, 4.69) is 0 Å². The third-order valence-corrected chi connectivity index (χ3v) is 8.40. The molecule has 1 aliphatic rings. The van der Waals surface area contributed by atoms with Gasteiger partial charge >= 0.3 is 11.6 Å². The van der Waals surface area contributed by atoms with Crippen molar-refractivity contribution in [3.63, 3.8) is 0 Å². The average Bonchev–Trinajstić information content (AvgIpc) is 3.27. The van der Waals surface area contributed by atoms with E-state index in [9.17, 15) is 18.0 Å². The van der Waals surface area contributed by atoms with E-state index in [-0.39, 0.29) is 17.4 Å². The molecule has 0 N–H and O–H groups in total. The van der Waals surface area contributed by atoms with Crippen LogP contribution < -0.4 is 5.63 Å². The number of hydrogen-bond acceptors (Lipinski definition) is 7. The predicted octanol–water partition coefficient (Wildman–Crippen LogP) is 3.31. The van der Waals surface area contributed by atoms with Crippen LogP contribution >= 0.6 is 11.3 Å². The largest absolute Gasteiger partial charge is 0.461 e. The van der Waals surface area contributed by atoms with E-state index in [4.69, 9.17) is 9.15 Å². The molecule has 30 heavy (non-hydrogen) atoms. The number of thiophene rings is 1. The Morgan fingerprint density at radius 3 is 2.90 bits per heavy atom. The summed E-state index contributed by atoms with van der Waals surface area (Å²) in [6.45, 7) is 2.30. The molecule has 1 atom stereocenters. The van der Waals surface area contributed by atoms with Gasteiger partial charge in [-0.25, -0.2) is 13.2 Å². The van der Waals surface area contributed by atoms with Crippen molar-refractivity contribution in [2.45, 2.75) is 30.6 Å². The number of sulfonamides is 1. The van der Waals surface area contributed by atoms with Gasteiger partial charge in [0, 0.05) is 30.1 Å². The molecule has 4 rings (SSSR count). The Morgan fingerprint density at radius 2 is 2.13 bits per heavy atom. The number of benzene rings is 1. The third kappa shape index (κ3) is 4.19. The normalized spacial score (nSPS) is 17.8. The summed E-state index contributed by atoms with van der Waals surface area (Å²) in [4.78, 5) is 24.5. The van der Waals surface area contributed by atoms with Gasteiger partial charge in [0.15, 0.2) is 0 Å². The predicted molar refractivity (Wildman–Crippen MR) is 113 cm³/mol. The quantitative estimate of drug-likeness (QED) is 0.440. The van der Waals surface area contributed by atoms with Crippen LogP contribution in [0.15, 0.2) is 55.2 Å². The van der Waals surface area contributed by atoms with Gasteiger partial charge in [-0.05, 0) is 42.8 Å². The Bertz CT molecular complexity index is 1230. The van der Waals surface area contributed by atoms with Gasteiger partial charge in [0.25, 0.3) is 10.0 Å². The van der Waals surface area contributed by atoms with Crippen LogP contribution in [0.25, 0.3) is 11.0 Å². The fraction of sp³-hybridized carbons (Fsp3) is 0.333. The number of carbonyl (C=O) groups is 1. The monoisotopic (exact) mass is 447 g/mol. The number of piperidine rings is 1. The van der Waals surface area contributed by atoms with Crippen LogP contribution in [0.3, 0.4) is 0 Å². The van der Waals surface area contributed by atoms with Crippen LogP contribution in [0.2, 0.25) is 0 Å². The van der Waals surface area contributed by atoms with Crippen LogP contribution in [0, 0.1) is 12.8 Å². The molecule has 0 radical (unpaired) electrons. The summed E-state index contributed by atoms with van der Waals surface area (Å²) in [7, 11) is -3.60. The second-order valence-corrected chi connectivity index (χ2v) is 10.4. The lowest BCUT2D eigenvalue weighted by Crippen LogP contribution is -2.42. The van der Waals surface area contributed by atoms with Gasteiger partial charge in [-0.2, -0.15) is 4.31 Å². The van der Waals surface area contributed by atoms with E-state index < -0.39 is 27.5 Å². The highest BCUT2D eigenvalue weighted by molar-refractivity contribution is 7.91. The zero-order valence-corrected chi connectivity index (χ0v) is 18.0. The fourth-order valence-electron chi connectivity index (χ4n) is 3.61. The summed E-state index contributed by atoms with van der Waals surface area (Å²) in [6.07, 6.45) is 1.15. The summed E-state index contributed by atoms with van der Waals surface area (Å²) in [5.74, 6) is -1.00. The van der Waals surface area contributed by atoms with Crippen molar-refractivity contribution >= 4 is 38.3 Å². The van der Waals surface area contributed by atoms with Gasteiger partial charge in [0.05, 0.1) is 5.92 Å². The van der Waals surface area contributed by atoms with Crippen molar-refractivity contribution in [2.75, 3.05) is 13.1 Å². The molecule has 9 heteroatoms. The highest BCUT2D eigenvalue weighted by atomic mass is 32.2. The van der Waals surface area contributed by atoms with Crippen LogP contribution in [-0.4, -0.2) is 31.8 Å². The van der Waals surface area contributed by atoms with Gasteiger partial charge in [0.2, 0.25) is 0 Å². The molecule has 1 fully saturated rings. The molecule has 0 amide bonds. The first kappa shape index (κ1) is 20.8. The molecular formula is C21H21NO6S2. The van der Waals surface area contributed by atoms with Crippen LogP contribution in [0.5, 0.6) is 0 Å². The molecule has 0 bridgehead atoms. The minimum Gasteiger partial charge on any atom is -0.461 e. The van der Waals surface area contributed by atoms with Crippen molar-refractivity contribution in [1.29, 1.82) is 0 Å². The average molecular weight is 448 g/mol. The second kappa shape index (κ2) is 8.33.